The van der Waals surface area contributed by atoms with Gasteiger partial charge in [-0.25, -0.2) is 5.84 Å². The van der Waals surface area contributed by atoms with E-state index in [0.29, 0.717) is 22.1 Å². The van der Waals surface area contributed by atoms with Crippen LogP contribution < -0.4 is 10.3 Å². The SMILES string of the molecule is NN(c1ccccc1[C@]1(N=Nc2ccccc2)C=CC=CC1)S(=O)(=O)O. The molecule has 0 aliphatic heterocycles. The number of hydrogen-bond donors (Lipinski definition) is 2. The number of benzene rings is 2. The number of allylic oxidation sites excluding steroid dienone is 2. The molecule has 0 spiro atoms. The lowest BCUT2D eigenvalue weighted by molar-refractivity contribution is 0.477. The number of nitrogens with two attached hydrogens (primary N) is 1. The Morgan fingerprint density at radius 2 is 1.73 bits per heavy atom. The first-order valence-corrected chi connectivity index (χ1v) is 9.26. The summed E-state index contributed by atoms with van der Waals surface area (Å²) in [5, 5.41) is 8.82. The smallest absolute Gasteiger partial charge is 0.268 e. The summed E-state index contributed by atoms with van der Waals surface area (Å²) in [6.07, 6.45) is 7.90. The van der Waals surface area contributed by atoms with Crippen molar-refractivity contribution >= 4 is 21.7 Å². The summed E-state index contributed by atoms with van der Waals surface area (Å²) in [5.74, 6) is 5.63. The second-order valence-electron chi connectivity index (χ2n) is 5.74. The summed E-state index contributed by atoms with van der Waals surface area (Å²) in [5.41, 5.74) is 0.373. The molecule has 8 heteroatoms. The maximum atomic E-state index is 11.5. The molecule has 0 aromatic heterocycles. The monoisotopic (exact) mass is 370 g/mol. The second kappa shape index (κ2) is 7.20. The molecule has 0 saturated heterocycles. The lowest BCUT2D eigenvalue weighted by Crippen LogP contribution is -2.39. The van der Waals surface area contributed by atoms with E-state index in [1.54, 1.807) is 18.2 Å². The van der Waals surface area contributed by atoms with E-state index in [0.717, 1.165) is 0 Å². The molecule has 1 aliphatic rings. The number of anilines is 1. The molecule has 0 heterocycles. The molecule has 134 valence electrons. The van der Waals surface area contributed by atoms with Crippen LogP contribution in [-0.2, 0) is 15.8 Å². The van der Waals surface area contributed by atoms with E-state index < -0.39 is 15.8 Å². The zero-order chi connectivity index (χ0) is 18.6. The molecule has 1 atom stereocenters. The molecule has 7 nitrogen and oxygen atoms in total. The lowest BCUT2D eigenvalue weighted by atomic mass is 9.84. The van der Waals surface area contributed by atoms with Gasteiger partial charge in [0.05, 0.1) is 11.4 Å². The molecule has 0 radical (unpaired) electrons. The van der Waals surface area contributed by atoms with Crippen LogP contribution in [0.2, 0.25) is 0 Å². The van der Waals surface area contributed by atoms with Crippen LogP contribution >= 0.6 is 0 Å². The van der Waals surface area contributed by atoms with Crippen LogP contribution in [0.5, 0.6) is 0 Å². The molecule has 3 N–H and O–H groups in total. The van der Waals surface area contributed by atoms with Gasteiger partial charge in [-0.05, 0) is 18.2 Å². The Balaban J connectivity index is 2.12. The zero-order valence-electron chi connectivity index (χ0n) is 13.8. The van der Waals surface area contributed by atoms with E-state index in [4.69, 9.17) is 5.84 Å². The Morgan fingerprint density at radius 1 is 1.04 bits per heavy atom. The van der Waals surface area contributed by atoms with Crippen LogP contribution in [0.1, 0.15) is 12.0 Å². The van der Waals surface area contributed by atoms with Crippen molar-refractivity contribution in [3.8, 4) is 0 Å². The molecule has 2 aromatic rings. The van der Waals surface area contributed by atoms with Gasteiger partial charge in [0.15, 0.2) is 0 Å². The molecule has 0 amide bonds. The van der Waals surface area contributed by atoms with Crippen LogP contribution in [0.25, 0.3) is 0 Å². The molecular formula is C18H18N4O3S. The van der Waals surface area contributed by atoms with Gasteiger partial charge in [0.25, 0.3) is 0 Å². The maximum Gasteiger partial charge on any atom is 0.373 e. The minimum atomic E-state index is -4.61. The summed E-state index contributed by atoms with van der Waals surface area (Å²) in [6.45, 7) is 0. The van der Waals surface area contributed by atoms with Crippen LogP contribution in [0.3, 0.4) is 0 Å². The van der Waals surface area contributed by atoms with Gasteiger partial charge in [0.1, 0.15) is 5.54 Å². The Bertz CT molecular complexity index is 971. The van der Waals surface area contributed by atoms with E-state index in [-0.39, 0.29) is 5.69 Å². The Kier molecular flexibility index (Phi) is 4.99. The number of hydrogen-bond acceptors (Lipinski definition) is 5. The fraction of sp³-hybridized carbons (Fsp3) is 0.111. The second-order valence-corrected chi connectivity index (χ2v) is 7.03. The normalized spacial score (nSPS) is 19.8. The standard InChI is InChI=1S/C18H18N4O3S/c19-22(26(23,24)25)17-12-6-5-11-16(17)18(13-7-2-8-14-18)21-20-15-9-3-1-4-10-15/h1-13H,14,19H2,(H,23,24,25)/t18-/m0/s1. The van der Waals surface area contributed by atoms with Gasteiger partial charge in [-0.3, -0.25) is 4.55 Å². The van der Waals surface area contributed by atoms with Gasteiger partial charge in [-0.1, -0.05) is 60.7 Å². The van der Waals surface area contributed by atoms with Gasteiger partial charge in [0.2, 0.25) is 0 Å². The maximum absolute atomic E-state index is 11.5. The molecule has 0 unspecified atom stereocenters. The van der Waals surface area contributed by atoms with E-state index in [1.807, 2.05) is 54.6 Å². The van der Waals surface area contributed by atoms with Crippen molar-refractivity contribution < 1.29 is 13.0 Å². The van der Waals surface area contributed by atoms with Crippen molar-refractivity contribution in [3.63, 3.8) is 0 Å². The molecule has 26 heavy (non-hydrogen) atoms. The van der Waals surface area contributed by atoms with Crippen molar-refractivity contribution in [2.45, 2.75) is 12.0 Å². The van der Waals surface area contributed by atoms with Crippen LogP contribution in [-0.4, -0.2) is 13.0 Å². The summed E-state index contributed by atoms with van der Waals surface area (Å²) in [6, 6.07) is 15.8. The number of nitrogens with zero attached hydrogens (tertiary/aromatic N) is 3. The average molecular weight is 370 g/mol. The number of azo groups is 1. The van der Waals surface area contributed by atoms with Gasteiger partial charge in [-0.2, -0.15) is 23.1 Å². The Morgan fingerprint density at radius 3 is 2.38 bits per heavy atom. The van der Waals surface area contributed by atoms with Crippen LogP contribution in [0.4, 0.5) is 11.4 Å². The van der Waals surface area contributed by atoms with Gasteiger partial charge in [0, 0.05) is 12.0 Å². The van der Waals surface area contributed by atoms with Crippen LogP contribution in [0, 0.1) is 0 Å². The van der Waals surface area contributed by atoms with Crippen molar-refractivity contribution in [1.29, 1.82) is 0 Å². The van der Waals surface area contributed by atoms with Crippen LogP contribution in [0.15, 0.2) is 89.1 Å². The number of hydrazine groups is 1. The average Bonchev–Trinajstić information content (AvgIpc) is 2.67. The first kappa shape index (κ1) is 18.0. The van der Waals surface area contributed by atoms with E-state index in [2.05, 4.69) is 10.2 Å². The number of rotatable bonds is 5. The predicted octanol–water partition coefficient (Wildman–Crippen LogP) is 3.66. The predicted molar refractivity (Wildman–Crippen MR) is 100 cm³/mol. The molecule has 3 rings (SSSR count). The summed E-state index contributed by atoms with van der Waals surface area (Å²) >= 11 is 0. The summed E-state index contributed by atoms with van der Waals surface area (Å²) < 4.78 is 32.7. The zero-order valence-corrected chi connectivity index (χ0v) is 14.6. The van der Waals surface area contributed by atoms with E-state index >= 15 is 0 Å². The van der Waals surface area contributed by atoms with Gasteiger partial charge in [-0.15, -0.1) is 0 Å². The minimum absolute atomic E-state index is 0.127. The highest BCUT2D eigenvalue weighted by Crippen LogP contribution is 2.40. The third-order valence-electron chi connectivity index (χ3n) is 4.00. The molecule has 2 aromatic carbocycles. The fourth-order valence-corrected chi connectivity index (χ4v) is 3.14. The first-order valence-electron chi connectivity index (χ1n) is 7.87. The molecule has 0 fully saturated rings. The third kappa shape index (κ3) is 3.72. The number of para-hydroxylation sites is 1. The third-order valence-corrected chi connectivity index (χ3v) is 4.70. The minimum Gasteiger partial charge on any atom is -0.268 e. The van der Waals surface area contributed by atoms with Gasteiger partial charge >= 0.3 is 10.3 Å². The lowest BCUT2D eigenvalue weighted by Gasteiger charge is -2.30. The highest BCUT2D eigenvalue weighted by atomic mass is 32.2. The van der Waals surface area contributed by atoms with E-state index in [1.165, 1.54) is 6.07 Å². The summed E-state index contributed by atoms with van der Waals surface area (Å²) in [7, 11) is -4.61. The summed E-state index contributed by atoms with van der Waals surface area (Å²) in [4.78, 5) is 0. The largest absolute Gasteiger partial charge is 0.373 e. The fourth-order valence-electron chi connectivity index (χ4n) is 2.73. The molecule has 1 aliphatic carbocycles. The molecular weight excluding hydrogens is 352 g/mol. The Hall–Kier alpha value is -2.81. The van der Waals surface area contributed by atoms with Crippen molar-refractivity contribution in [1.82, 2.24) is 0 Å². The van der Waals surface area contributed by atoms with Crippen molar-refractivity contribution in [3.05, 3.63) is 84.5 Å². The highest BCUT2D eigenvalue weighted by Gasteiger charge is 2.34. The molecule has 0 bridgehead atoms. The van der Waals surface area contributed by atoms with Gasteiger partial charge < -0.3 is 0 Å². The topological polar surface area (TPSA) is 108 Å². The molecule has 0 saturated carbocycles. The Labute approximate surface area is 152 Å². The van der Waals surface area contributed by atoms with Crippen molar-refractivity contribution in [2.75, 3.05) is 4.41 Å². The van der Waals surface area contributed by atoms with E-state index in [9.17, 15) is 13.0 Å². The quantitative estimate of drug-likeness (QED) is 0.362. The highest BCUT2D eigenvalue weighted by molar-refractivity contribution is 7.87. The first-order chi connectivity index (χ1) is 12.4. The van der Waals surface area contributed by atoms with Crippen molar-refractivity contribution in [2.24, 2.45) is 16.1 Å².